The van der Waals surface area contributed by atoms with E-state index in [1.54, 1.807) is 0 Å². The maximum Gasteiger partial charge on any atom is 0.323 e. The molecule has 1 radical (unpaired) electrons. The van der Waals surface area contributed by atoms with Crippen molar-refractivity contribution >= 4 is 13.5 Å². The molecule has 0 fully saturated rings. The highest BCUT2D eigenvalue weighted by molar-refractivity contribution is 6.25. The summed E-state index contributed by atoms with van der Waals surface area (Å²) >= 11 is 0. The summed E-state index contributed by atoms with van der Waals surface area (Å²) in [6.45, 7) is 1.50. The van der Waals surface area contributed by atoms with E-state index in [0.717, 1.165) is 20.3 Å². The van der Waals surface area contributed by atoms with Gasteiger partial charge < -0.3 is 15.9 Å². The van der Waals surface area contributed by atoms with Crippen LogP contribution in [0, 0.1) is 0 Å². The number of hydrogen-bond donors (Lipinski definition) is 3. The highest BCUT2D eigenvalue weighted by Crippen LogP contribution is 2.11. The first-order valence-electron chi connectivity index (χ1n) is 3.99. The minimum Gasteiger partial charge on any atom is -0.480 e. The minimum absolute atomic E-state index is 0.441. The maximum absolute atomic E-state index is 10.5. The van der Waals surface area contributed by atoms with Gasteiger partial charge in [0.1, 0.15) is 5.54 Å². The number of carboxylic acid groups (broad SMARTS) is 1. The summed E-state index contributed by atoms with van der Waals surface area (Å²) in [4.78, 5) is 10.5. The van der Waals surface area contributed by atoms with Crippen molar-refractivity contribution in [2.45, 2.75) is 38.0 Å². The number of aliphatic carboxylic acids is 1. The van der Waals surface area contributed by atoms with Crippen molar-refractivity contribution in [1.82, 2.24) is 0 Å². The molecule has 1 atom stereocenters. The van der Waals surface area contributed by atoms with Crippen LogP contribution in [-0.4, -0.2) is 29.1 Å². The van der Waals surface area contributed by atoms with E-state index in [4.69, 9.17) is 15.9 Å². The molecule has 0 aromatic rings. The third kappa shape index (κ3) is 4.36. The van der Waals surface area contributed by atoms with Crippen molar-refractivity contribution in [2.75, 3.05) is 0 Å². The monoisotopic (exact) mass is 172 g/mol. The highest BCUT2D eigenvalue weighted by Gasteiger charge is 2.26. The molecule has 0 spiro atoms. The quantitative estimate of drug-likeness (QED) is 0.388. The van der Waals surface area contributed by atoms with Crippen LogP contribution in [0.15, 0.2) is 0 Å². The molecule has 1 unspecified atom stereocenters. The van der Waals surface area contributed by atoms with Gasteiger partial charge in [-0.1, -0.05) is 19.2 Å². The third-order valence-electron chi connectivity index (χ3n) is 1.77. The van der Waals surface area contributed by atoms with E-state index in [2.05, 4.69) is 0 Å². The van der Waals surface area contributed by atoms with Gasteiger partial charge in [0.25, 0.3) is 7.48 Å². The molecular weight excluding hydrogens is 157 g/mol. The van der Waals surface area contributed by atoms with Gasteiger partial charge in [-0.2, -0.15) is 0 Å². The molecule has 0 heterocycles. The van der Waals surface area contributed by atoms with Crippen LogP contribution in [-0.2, 0) is 4.79 Å². The van der Waals surface area contributed by atoms with Gasteiger partial charge >= 0.3 is 5.97 Å². The van der Waals surface area contributed by atoms with Gasteiger partial charge in [-0.3, -0.25) is 4.79 Å². The van der Waals surface area contributed by atoms with E-state index in [-0.39, 0.29) is 0 Å². The minimum atomic E-state index is -1.13. The first-order valence-corrected chi connectivity index (χ1v) is 3.99. The zero-order valence-corrected chi connectivity index (χ0v) is 7.29. The van der Waals surface area contributed by atoms with Crippen LogP contribution in [0.4, 0.5) is 0 Å². The standard InChI is InChI=1S/C7H15BNO3/c1-7(9,6(10)11)4-2-3-5-8-12/h12H,2-5,9H2,1H3,(H,10,11). The van der Waals surface area contributed by atoms with Crippen LogP contribution in [0.3, 0.4) is 0 Å². The Kier molecular flexibility index (Phi) is 4.93. The van der Waals surface area contributed by atoms with Crippen molar-refractivity contribution < 1.29 is 14.9 Å². The lowest BCUT2D eigenvalue weighted by Crippen LogP contribution is -2.44. The molecule has 4 nitrogen and oxygen atoms in total. The Hall–Kier alpha value is -0.545. The Morgan fingerprint density at radius 2 is 2.17 bits per heavy atom. The molecular formula is C7H15BNO3. The number of rotatable bonds is 6. The predicted octanol–water partition coefficient (Wildman–Crippen LogP) is -0.0115. The fraction of sp³-hybridized carbons (Fsp3) is 0.857. The third-order valence-corrected chi connectivity index (χ3v) is 1.77. The van der Waals surface area contributed by atoms with Gasteiger partial charge in [-0.25, -0.2) is 0 Å². The summed E-state index contributed by atoms with van der Waals surface area (Å²) in [7, 11) is 1.08. The molecule has 0 aliphatic rings. The average molecular weight is 172 g/mol. The molecule has 0 saturated carbocycles. The first kappa shape index (κ1) is 11.5. The fourth-order valence-electron chi connectivity index (χ4n) is 0.835. The first-order chi connectivity index (χ1) is 5.50. The van der Waals surface area contributed by atoms with Crippen molar-refractivity contribution in [3.05, 3.63) is 0 Å². The number of unbranched alkanes of at least 4 members (excludes halogenated alkanes) is 1. The van der Waals surface area contributed by atoms with E-state index in [0.29, 0.717) is 12.7 Å². The molecule has 0 aliphatic heterocycles. The fourth-order valence-corrected chi connectivity index (χ4v) is 0.835. The smallest absolute Gasteiger partial charge is 0.323 e. The predicted molar refractivity (Wildman–Crippen MR) is 46.9 cm³/mol. The topological polar surface area (TPSA) is 83.5 Å². The van der Waals surface area contributed by atoms with Gasteiger partial charge in [0.05, 0.1) is 0 Å². The summed E-state index contributed by atoms with van der Waals surface area (Å²) in [6, 6.07) is 0. The number of nitrogens with two attached hydrogens (primary N) is 1. The van der Waals surface area contributed by atoms with E-state index in [1.165, 1.54) is 6.92 Å². The van der Waals surface area contributed by atoms with Crippen molar-refractivity contribution in [3.8, 4) is 0 Å². The zero-order valence-electron chi connectivity index (χ0n) is 7.29. The van der Waals surface area contributed by atoms with Crippen LogP contribution < -0.4 is 5.73 Å². The molecule has 0 bridgehead atoms. The molecule has 0 saturated heterocycles. The normalized spacial score (nSPS) is 15.2. The van der Waals surface area contributed by atoms with Crippen LogP contribution >= 0.6 is 0 Å². The van der Waals surface area contributed by atoms with Crippen molar-refractivity contribution in [2.24, 2.45) is 5.73 Å². The van der Waals surface area contributed by atoms with Crippen LogP contribution in [0.5, 0.6) is 0 Å². The largest absolute Gasteiger partial charge is 0.480 e. The van der Waals surface area contributed by atoms with Crippen LogP contribution in [0.2, 0.25) is 6.32 Å². The maximum atomic E-state index is 10.5. The Labute approximate surface area is 73.0 Å². The van der Waals surface area contributed by atoms with Crippen LogP contribution in [0.25, 0.3) is 0 Å². The molecule has 5 heteroatoms. The molecule has 69 valence electrons. The Morgan fingerprint density at radius 1 is 1.58 bits per heavy atom. The van der Waals surface area contributed by atoms with Gasteiger partial charge in [0.15, 0.2) is 0 Å². The summed E-state index contributed by atoms with van der Waals surface area (Å²) in [6.07, 6.45) is 2.53. The molecule has 0 rings (SSSR count). The van der Waals surface area contributed by atoms with Crippen molar-refractivity contribution in [1.29, 1.82) is 0 Å². The highest BCUT2D eigenvalue weighted by atomic mass is 16.4. The van der Waals surface area contributed by atoms with E-state index in [9.17, 15) is 4.79 Å². The number of carbonyl (C=O) groups is 1. The summed E-state index contributed by atoms with van der Waals surface area (Å²) in [5, 5.41) is 16.9. The van der Waals surface area contributed by atoms with E-state index < -0.39 is 11.5 Å². The molecule has 0 amide bonds. The second kappa shape index (κ2) is 5.16. The molecule has 0 aliphatic carbocycles. The summed E-state index contributed by atoms with van der Waals surface area (Å²) in [5.41, 5.74) is 4.34. The average Bonchev–Trinajstić information content (AvgIpc) is 1.98. The molecule has 12 heavy (non-hydrogen) atoms. The Bertz CT molecular complexity index is 150. The van der Waals surface area contributed by atoms with Gasteiger partial charge in [-0.15, -0.1) is 0 Å². The lowest BCUT2D eigenvalue weighted by Gasteiger charge is -2.18. The SMILES string of the molecule is CC(N)(CCCC[B]O)C(=O)O. The van der Waals surface area contributed by atoms with E-state index >= 15 is 0 Å². The molecule has 4 N–H and O–H groups in total. The molecule has 0 aromatic heterocycles. The van der Waals surface area contributed by atoms with Crippen molar-refractivity contribution in [3.63, 3.8) is 0 Å². The summed E-state index contributed by atoms with van der Waals surface area (Å²) < 4.78 is 0. The Balaban J connectivity index is 3.54. The van der Waals surface area contributed by atoms with Gasteiger partial charge in [-0.05, 0) is 13.3 Å². The van der Waals surface area contributed by atoms with Crippen LogP contribution in [0.1, 0.15) is 26.2 Å². The Morgan fingerprint density at radius 3 is 2.58 bits per heavy atom. The van der Waals surface area contributed by atoms with Gasteiger partial charge in [0, 0.05) is 0 Å². The zero-order chi connectivity index (χ0) is 9.61. The summed E-state index contributed by atoms with van der Waals surface area (Å²) in [5.74, 6) is -0.976. The lowest BCUT2D eigenvalue weighted by atomic mass is 9.89. The lowest BCUT2D eigenvalue weighted by molar-refractivity contribution is -0.142. The van der Waals surface area contributed by atoms with Gasteiger partial charge in [0.2, 0.25) is 0 Å². The number of hydrogen-bond acceptors (Lipinski definition) is 3. The second-order valence-electron chi connectivity index (χ2n) is 3.15. The number of carboxylic acids is 1. The van der Waals surface area contributed by atoms with E-state index in [1.807, 2.05) is 0 Å². The second-order valence-corrected chi connectivity index (χ2v) is 3.15. The molecule has 0 aromatic carbocycles.